The van der Waals surface area contributed by atoms with Crippen LogP contribution in [0.2, 0.25) is 0 Å². The molecule has 2 aromatic rings. The van der Waals surface area contributed by atoms with Crippen molar-refractivity contribution in [2.75, 3.05) is 12.8 Å². The van der Waals surface area contributed by atoms with Gasteiger partial charge in [-0.05, 0) is 29.9 Å². The summed E-state index contributed by atoms with van der Waals surface area (Å²) >= 11 is 1.77. The lowest BCUT2D eigenvalue weighted by atomic mass is 9.98. The number of thiophene rings is 1. The fraction of sp³-hybridized carbons (Fsp3) is 0.500. The Morgan fingerprint density at radius 1 is 1.55 bits per heavy atom. The molecule has 8 heteroatoms. The fourth-order valence-electron chi connectivity index (χ4n) is 2.95. The molecule has 0 spiro atoms. The number of hydrogen-bond donors (Lipinski definition) is 0. The number of carbonyl (C=O) groups is 1. The standard InChI is InChI=1S/C14H18N4O2S2/c1-3-11-10-5-7-21-12(10)4-6-18(11)13(19)8-17-9-15-16-14(17)22(2)20/h5,7,9,11H,3-4,6,8H2,1-2H3. The van der Waals surface area contributed by atoms with Gasteiger partial charge in [0.25, 0.3) is 0 Å². The summed E-state index contributed by atoms with van der Waals surface area (Å²) in [6.07, 6.45) is 4.81. The fourth-order valence-corrected chi connectivity index (χ4v) is 4.48. The van der Waals surface area contributed by atoms with Crippen molar-refractivity contribution in [2.45, 2.75) is 37.5 Å². The minimum Gasteiger partial charge on any atom is -0.334 e. The van der Waals surface area contributed by atoms with Crippen LogP contribution in [0.1, 0.15) is 29.8 Å². The summed E-state index contributed by atoms with van der Waals surface area (Å²) in [5, 5.41) is 10.0. The van der Waals surface area contributed by atoms with Crippen molar-refractivity contribution in [2.24, 2.45) is 0 Å². The molecule has 22 heavy (non-hydrogen) atoms. The third kappa shape index (κ3) is 2.72. The van der Waals surface area contributed by atoms with Crippen LogP contribution in [0.15, 0.2) is 22.9 Å². The molecule has 2 unspecified atom stereocenters. The van der Waals surface area contributed by atoms with Gasteiger partial charge >= 0.3 is 0 Å². The lowest BCUT2D eigenvalue weighted by molar-refractivity contribution is -0.135. The molecule has 1 aliphatic rings. The molecule has 0 radical (unpaired) electrons. The zero-order chi connectivity index (χ0) is 15.7. The molecule has 2 aromatic heterocycles. The highest BCUT2D eigenvalue weighted by Crippen LogP contribution is 2.35. The van der Waals surface area contributed by atoms with Crippen LogP contribution in [-0.4, -0.2) is 42.6 Å². The average molecular weight is 338 g/mol. The van der Waals surface area contributed by atoms with E-state index in [0.717, 1.165) is 19.4 Å². The van der Waals surface area contributed by atoms with Crippen molar-refractivity contribution in [3.63, 3.8) is 0 Å². The molecule has 3 heterocycles. The van der Waals surface area contributed by atoms with Gasteiger partial charge in [-0.3, -0.25) is 13.6 Å². The van der Waals surface area contributed by atoms with E-state index in [1.807, 2.05) is 4.90 Å². The van der Waals surface area contributed by atoms with Crippen molar-refractivity contribution in [3.05, 3.63) is 28.2 Å². The first-order valence-electron chi connectivity index (χ1n) is 7.18. The maximum absolute atomic E-state index is 12.7. The van der Waals surface area contributed by atoms with Gasteiger partial charge in [0.1, 0.15) is 12.9 Å². The third-order valence-electron chi connectivity index (χ3n) is 3.94. The molecule has 0 N–H and O–H groups in total. The topological polar surface area (TPSA) is 68.1 Å². The van der Waals surface area contributed by atoms with Crippen LogP contribution in [0, 0.1) is 0 Å². The second-order valence-electron chi connectivity index (χ2n) is 5.26. The van der Waals surface area contributed by atoms with Crippen molar-refractivity contribution in [1.82, 2.24) is 19.7 Å². The molecule has 0 bridgehead atoms. The van der Waals surface area contributed by atoms with Gasteiger partial charge in [0.2, 0.25) is 11.1 Å². The molecule has 6 nitrogen and oxygen atoms in total. The first-order chi connectivity index (χ1) is 10.6. The molecule has 0 saturated heterocycles. The van der Waals surface area contributed by atoms with E-state index in [9.17, 15) is 9.00 Å². The van der Waals surface area contributed by atoms with E-state index in [0.29, 0.717) is 5.16 Å². The molecular weight excluding hydrogens is 320 g/mol. The zero-order valence-corrected chi connectivity index (χ0v) is 14.2. The van der Waals surface area contributed by atoms with Crippen LogP contribution >= 0.6 is 11.3 Å². The zero-order valence-electron chi connectivity index (χ0n) is 12.6. The van der Waals surface area contributed by atoms with E-state index in [-0.39, 0.29) is 18.5 Å². The molecule has 0 aliphatic carbocycles. The average Bonchev–Trinajstić information content (AvgIpc) is 3.14. The van der Waals surface area contributed by atoms with Crippen molar-refractivity contribution >= 4 is 28.0 Å². The maximum Gasteiger partial charge on any atom is 0.243 e. The second-order valence-corrected chi connectivity index (χ2v) is 7.53. The Balaban J connectivity index is 1.80. The summed E-state index contributed by atoms with van der Waals surface area (Å²) in [7, 11) is -1.25. The monoisotopic (exact) mass is 338 g/mol. The molecule has 0 aromatic carbocycles. The van der Waals surface area contributed by atoms with Gasteiger partial charge in [-0.1, -0.05) is 6.92 Å². The molecule has 118 valence electrons. The lowest BCUT2D eigenvalue weighted by Gasteiger charge is -2.35. The van der Waals surface area contributed by atoms with Gasteiger partial charge in [-0.15, -0.1) is 21.5 Å². The summed E-state index contributed by atoms with van der Waals surface area (Å²) in [5.41, 5.74) is 1.27. The molecule has 1 aliphatic heterocycles. The first-order valence-corrected chi connectivity index (χ1v) is 9.62. The van der Waals surface area contributed by atoms with Crippen molar-refractivity contribution < 1.29 is 9.00 Å². The Hall–Kier alpha value is -1.54. The van der Waals surface area contributed by atoms with Crippen LogP contribution in [0.4, 0.5) is 0 Å². The SMILES string of the molecule is CCC1c2ccsc2CCN1C(=O)Cn1cnnc1S(C)=O. The number of aromatic nitrogens is 3. The first kappa shape index (κ1) is 15.4. The summed E-state index contributed by atoms with van der Waals surface area (Å²) in [4.78, 5) is 16.0. The van der Waals surface area contributed by atoms with Gasteiger partial charge in [0.05, 0.1) is 16.8 Å². The number of amides is 1. The quantitative estimate of drug-likeness (QED) is 0.849. The Morgan fingerprint density at radius 3 is 3.09 bits per heavy atom. The van der Waals surface area contributed by atoms with Gasteiger partial charge in [-0.2, -0.15) is 0 Å². The number of hydrogen-bond acceptors (Lipinski definition) is 5. The highest BCUT2D eigenvalue weighted by atomic mass is 32.2. The third-order valence-corrected chi connectivity index (χ3v) is 5.77. The molecule has 0 fully saturated rings. The van der Waals surface area contributed by atoms with E-state index >= 15 is 0 Å². The predicted octanol–water partition coefficient (Wildman–Crippen LogP) is 1.61. The van der Waals surface area contributed by atoms with Crippen LogP contribution in [-0.2, 0) is 28.6 Å². The van der Waals surface area contributed by atoms with E-state index in [2.05, 4.69) is 28.6 Å². The van der Waals surface area contributed by atoms with Gasteiger partial charge in [0.15, 0.2) is 0 Å². The summed E-state index contributed by atoms with van der Waals surface area (Å²) < 4.78 is 13.2. The van der Waals surface area contributed by atoms with Crippen molar-refractivity contribution in [3.8, 4) is 0 Å². The maximum atomic E-state index is 12.7. The molecule has 0 saturated carbocycles. The van der Waals surface area contributed by atoms with Gasteiger partial charge in [-0.25, -0.2) is 0 Å². The van der Waals surface area contributed by atoms with Crippen LogP contribution < -0.4 is 0 Å². The predicted molar refractivity (Wildman–Crippen MR) is 85.1 cm³/mol. The summed E-state index contributed by atoms with van der Waals surface area (Å²) in [5.74, 6) is 0.0233. The van der Waals surface area contributed by atoms with E-state index in [4.69, 9.17) is 0 Å². The Morgan fingerprint density at radius 2 is 2.36 bits per heavy atom. The minimum atomic E-state index is -1.25. The van der Waals surface area contributed by atoms with E-state index < -0.39 is 10.8 Å². The smallest absolute Gasteiger partial charge is 0.243 e. The second kappa shape index (κ2) is 6.29. The normalized spacial score (nSPS) is 19.0. The number of rotatable bonds is 4. The largest absolute Gasteiger partial charge is 0.334 e. The number of fused-ring (bicyclic) bond motifs is 1. The Bertz CT molecular complexity index is 709. The highest BCUT2D eigenvalue weighted by Gasteiger charge is 2.30. The lowest BCUT2D eigenvalue weighted by Crippen LogP contribution is -2.41. The summed E-state index contributed by atoms with van der Waals surface area (Å²) in [6.45, 7) is 2.97. The van der Waals surface area contributed by atoms with Crippen molar-refractivity contribution in [1.29, 1.82) is 0 Å². The Labute approximate surface area is 135 Å². The van der Waals surface area contributed by atoms with Gasteiger partial charge < -0.3 is 4.90 Å². The number of carbonyl (C=O) groups excluding carboxylic acids is 1. The van der Waals surface area contributed by atoms with Crippen LogP contribution in [0.25, 0.3) is 0 Å². The van der Waals surface area contributed by atoms with E-state index in [1.165, 1.54) is 16.8 Å². The molecule has 2 atom stereocenters. The summed E-state index contributed by atoms with van der Waals surface area (Å²) in [6, 6.07) is 2.26. The molecule has 3 rings (SSSR count). The van der Waals surface area contributed by atoms with E-state index in [1.54, 1.807) is 22.2 Å². The van der Waals surface area contributed by atoms with Crippen LogP contribution in [0.3, 0.4) is 0 Å². The highest BCUT2D eigenvalue weighted by molar-refractivity contribution is 7.84. The van der Waals surface area contributed by atoms with Gasteiger partial charge in [0, 0.05) is 17.7 Å². The molecular formula is C14H18N4O2S2. The minimum absolute atomic E-state index is 0.0233. The Kier molecular flexibility index (Phi) is 4.39. The molecule has 1 amide bonds. The number of nitrogens with zero attached hydrogens (tertiary/aromatic N) is 4. The van der Waals surface area contributed by atoms with Crippen LogP contribution in [0.5, 0.6) is 0 Å².